The molecular formula is C17H24ClN5O. The first-order chi connectivity index (χ1) is 11.3. The second-order valence-corrected chi connectivity index (χ2v) is 6.71. The lowest BCUT2D eigenvalue weighted by atomic mass is 10.2. The minimum atomic E-state index is -0.106. The van der Waals surface area contributed by atoms with E-state index in [0.717, 1.165) is 23.6 Å². The number of hydrogen-bond acceptors (Lipinski definition) is 3. The SMILES string of the molecule is Cc1nn(CC(C)C)c(Cl)c1C=CC(=O)N(C)Cc1nccn1C. The number of nitrogens with zero attached hydrogens (tertiary/aromatic N) is 5. The van der Waals surface area contributed by atoms with Crippen molar-refractivity contribution in [3.63, 3.8) is 0 Å². The quantitative estimate of drug-likeness (QED) is 0.753. The van der Waals surface area contributed by atoms with Gasteiger partial charge < -0.3 is 9.47 Å². The summed E-state index contributed by atoms with van der Waals surface area (Å²) in [6.45, 7) is 7.31. The van der Waals surface area contributed by atoms with Gasteiger partial charge in [-0.15, -0.1) is 0 Å². The van der Waals surface area contributed by atoms with Crippen LogP contribution in [0.25, 0.3) is 6.08 Å². The molecule has 6 nitrogen and oxygen atoms in total. The number of imidazole rings is 1. The molecule has 2 aromatic heterocycles. The normalized spacial score (nSPS) is 11.6. The van der Waals surface area contributed by atoms with Crippen molar-refractivity contribution in [1.29, 1.82) is 0 Å². The first-order valence-corrected chi connectivity index (χ1v) is 8.29. The van der Waals surface area contributed by atoms with Gasteiger partial charge in [-0.1, -0.05) is 25.4 Å². The highest BCUT2D eigenvalue weighted by Gasteiger charge is 2.13. The molecule has 2 aromatic rings. The van der Waals surface area contributed by atoms with Gasteiger partial charge in [0.25, 0.3) is 0 Å². The molecule has 0 bridgehead atoms. The Morgan fingerprint density at radius 3 is 2.75 bits per heavy atom. The van der Waals surface area contributed by atoms with Gasteiger partial charge in [0.15, 0.2) is 0 Å². The maximum Gasteiger partial charge on any atom is 0.246 e. The van der Waals surface area contributed by atoms with Crippen LogP contribution in [-0.2, 0) is 24.9 Å². The number of carbonyl (C=O) groups excluding carboxylic acids is 1. The van der Waals surface area contributed by atoms with Crippen LogP contribution in [0.2, 0.25) is 5.15 Å². The number of hydrogen-bond donors (Lipinski definition) is 0. The molecule has 0 aliphatic carbocycles. The van der Waals surface area contributed by atoms with Gasteiger partial charge in [0.05, 0.1) is 12.2 Å². The van der Waals surface area contributed by atoms with Crippen LogP contribution < -0.4 is 0 Å². The van der Waals surface area contributed by atoms with E-state index in [9.17, 15) is 4.79 Å². The number of amides is 1. The average molecular weight is 350 g/mol. The van der Waals surface area contributed by atoms with Gasteiger partial charge in [0, 0.05) is 44.7 Å². The molecule has 2 heterocycles. The van der Waals surface area contributed by atoms with Crippen molar-refractivity contribution < 1.29 is 4.79 Å². The van der Waals surface area contributed by atoms with E-state index in [1.54, 1.807) is 28.9 Å². The van der Waals surface area contributed by atoms with Crippen LogP contribution in [0.15, 0.2) is 18.5 Å². The standard InChI is InChI=1S/C17H24ClN5O/c1-12(2)10-23-17(18)14(13(3)20-23)6-7-16(24)22(5)11-15-19-8-9-21(15)4/h6-9,12H,10-11H2,1-5H3. The second-order valence-electron chi connectivity index (χ2n) is 6.35. The Balaban J connectivity index is 2.08. The van der Waals surface area contributed by atoms with E-state index >= 15 is 0 Å². The summed E-state index contributed by atoms with van der Waals surface area (Å²) in [6.07, 6.45) is 6.84. The molecule has 0 saturated heterocycles. The molecule has 7 heteroatoms. The van der Waals surface area contributed by atoms with E-state index in [0.29, 0.717) is 17.6 Å². The molecule has 0 aromatic carbocycles. The molecule has 0 spiro atoms. The topological polar surface area (TPSA) is 56.0 Å². The predicted molar refractivity (Wildman–Crippen MR) is 95.5 cm³/mol. The van der Waals surface area contributed by atoms with E-state index in [2.05, 4.69) is 23.9 Å². The lowest BCUT2D eigenvalue weighted by Gasteiger charge is -2.14. The molecular weight excluding hydrogens is 326 g/mol. The van der Waals surface area contributed by atoms with E-state index in [-0.39, 0.29) is 5.91 Å². The van der Waals surface area contributed by atoms with Gasteiger partial charge in [-0.2, -0.15) is 5.10 Å². The Hall–Kier alpha value is -2.08. The largest absolute Gasteiger partial charge is 0.337 e. The minimum absolute atomic E-state index is 0.106. The Morgan fingerprint density at radius 2 is 2.17 bits per heavy atom. The zero-order valence-electron chi connectivity index (χ0n) is 14.8. The third-order valence-electron chi connectivity index (χ3n) is 3.72. The maximum absolute atomic E-state index is 12.3. The monoisotopic (exact) mass is 349 g/mol. The Bertz CT molecular complexity index is 744. The molecule has 130 valence electrons. The number of aromatic nitrogens is 4. The van der Waals surface area contributed by atoms with Gasteiger partial charge in [0.2, 0.25) is 5.91 Å². The van der Waals surface area contributed by atoms with Crippen LogP contribution in [0, 0.1) is 12.8 Å². The summed E-state index contributed by atoms with van der Waals surface area (Å²) in [7, 11) is 3.65. The van der Waals surface area contributed by atoms with E-state index in [4.69, 9.17) is 11.6 Å². The molecule has 0 fully saturated rings. The Morgan fingerprint density at radius 1 is 1.46 bits per heavy atom. The third-order valence-corrected chi connectivity index (χ3v) is 4.11. The lowest BCUT2D eigenvalue weighted by Crippen LogP contribution is -2.25. The lowest BCUT2D eigenvalue weighted by molar-refractivity contribution is -0.125. The Kier molecular flexibility index (Phi) is 5.83. The zero-order chi connectivity index (χ0) is 17.9. The van der Waals surface area contributed by atoms with Crippen molar-refractivity contribution >= 4 is 23.6 Å². The molecule has 0 N–H and O–H groups in total. The predicted octanol–water partition coefficient (Wildman–Crippen LogP) is 2.91. The first-order valence-electron chi connectivity index (χ1n) is 7.91. The van der Waals surface area contributed by atoms with Crippen LogP contribution in [0.3, 0.4) is 0 Å². The highest BCUT2D eigenvalue weighted by atomic mass is 35.5. The fourth-order valence-electron chi connectivity index (χ4n) is 2.34. The highest BCUT2D eigenvalue weighted by Crippen LogP contribution is 2.22. The summed E-state index contributed by atoms with van der Waals surface area (Å²) in [6, 6.07) is 0. The van der Waals surface area contributed by atoms with Crippen molar-refractivity contribution in [1.82, 2.24) is 24.2 Å². The van der Waals surface area contributed by atoms with Gasteiger partial charge in [-0.3, -0.25) is 9.48 Å². The van der Waals surface area contributed by atoms with E-state index < -0.39 is 0 Å². The minimum Gasteiger partial charge on any atom is -0.337 e. The second kappa shape index (κ2) is 7.66. The number of rotatable bonds is 6. The van der Waals surface area contributed by atoms with Crippen LogP contribution in [0.1, 0.15) is 30.9 Å². The molecule has 0 saturated carbocycles. The van der Waals surface area contributed by atoms with Gasteiger partial charge in [-0.05, 0) is 18.9 Å². The van der Waals surface area contributed by atoms with Crippen molar-refractivity contribution in [3.8, 4) is 0 Å². The van der Waals surface area contributed by atoms with Gasteiger partial charge in [-0.25, -0.2) is 4.98 Å². The first kappa shape index (κ1) is 18.3. The van der Waals surface area contributed by atoms with E-state index in [1.807, 2.05) is 24.7 Å². The molecule has 0 radical (unpaired) electrons. The summed E-state index contributed by atoms with van der Waals surface area (Å²) in [4.78, 5) is 18.1. The number of halogens is 1. The number of likely N-dealkylation sites (N-methyl/N-ethyl adjacent to an activating group) is 1. The van der Waals surface area contributed by atoms with Crippen LogP contribution in [-0.4, -0.2) is 37.2 Å². The summed E-state index contributed by atoms with van der Waals surface area (Å²) >= 11 is 6.38. The fraction of sp³-hybridized carbons (Fsp3) is 0.471. The number of carbonyl (C=O) groups is 1. The van der Waals surface area contributed by atoms with Gasteiger partial charge in [0.1, 0.15) is 11.0 Å². The number of aryl methyl sites for hydroxylation is 2. The maximum atomic E-state index is 12.3. The highest BCUT2D eigenvalue weighted by molar-refractivity contribution is 6.31. The summed E-state index contributed by atoms with van der Waals surface area (Å²) in [5, 5.41) is 5.01. The smallest absolute Gasteiger partial charge is 0.246 e. The average Bonchev–Trinajstić information content (AvgIpc) is 3.01. The van der Waals surface area contributed by atoms with Crippen molar-refractivity contribution in [2.75, 3.05) is 7.05 Å². The summed E-state index contributed by atoms with van der Waals surface area (Å²) < 4.78 is 3.67. The molecule has 24 heavy (non-hydrogen) atoms. The van der Waals surface area contributed by atoms with E-state index in [1.165, 1.54) is 6.08 Å². The summed E-state index contributed by atoms with van der Waals surface area (Å²) in [5.41, 5.74) is 1.60. The molecule has 1 amide bonds. The molecule has 0 unspecified atom stereocenters. The molecule has 0 aliphatic rings. The molecule has 0 atom stereocenters. The molecule has 2 rings (SSSR count). The zero-order valence-corrected chi connectivity index (χ0v) is 15.6. The van der Waals surface area contributed by atoms with Crippen LogP contribution in [0.4, 0.5) is 0 Å². The van der Waals surface area contributed by atoms with Crippen molar-refractivity contribution in [2.45, 2.75) is 33.9 Å². The summed E-state index contributed by atoms with van der Waals surface area (Å²) in [5.74, 6) is 1.17. The van der Waals surface area contributed by atoms with Crippen molar-refractivity contribution in [2.24, 2.45) is 13.0 Å². The fourth-order valence-corrected chi connectivity index (χ4v) is 2.65. The molecule has 0 aliphatic heterocycles. The van der Waals surface area contributed by atoms with Gasteiger partial charge >= 0.3 is 0 Å². The Labute approximate surface area is 147 Å². The third kappa shape index (κ3) is 4.26. The van der Waals surface area contributed by atoms with Crippen molar-refractivity contribution in [3.05, 3.63) is 40.7 Å². The van der Waals surface area contributed by atoms with Crippen LogP contribution >= 0.6 is 11.6 Å². The van der Waals surface area contributed by atoms with Crippen LogP contribution in [0.5, 0.6) is 0 Å².